The molecule has 0 aliphatic heterocycles. The molecule has 8 nitrogen and oxygen atoms in total. The number of rotatable bonds is 6. The van der Waals surface area contributed by atoms with Gasteiger partial charge in [0.05, 0.1) is 17.5 Å². The van der Waals surface area contributed by atoms with E-state index < -0.39 is 10.0 Å². The van der Waals surface area contributed by atoms with Crippen molar-refractivity contribution in [3.8, 4) is 0 Å². The van der Waals surface area contributed by atoms with E-state index >= 15 is 0 Å². The molecule has 0 bridgehead atoms. The van der Waals surface area contributed by atoms with Gasteiger partial charge in [-0.1, -0.05) is 27.2 Å². The number of aromatic amines is 1. The number of nitrogens with zero attached hydrogens (tertiary/aromatic N) is 4. The molecule has 1 aliphatic rings. The highest BCUT2D eigenvalue weighted by Crippen LogP contribution is 2.41. The maximum atomic E-state index is 12.4. The number of aromatic nitrogens is 5. The van der Waals surface area contributed by atoms with Gasteiger partial charge in [0.15, 0.2) is 11.3 Å². The molecule has 3 aromatic heterocycles. The van der Waals surface area contributed by atoms with Crippen LogP contribution in [0.4, 0.5) is 0 Å². The van der Waals surface area contributed by atoms with Crippen LogP contribution in [0.2, 0.25) is 0 Å². The van der Waals surface area contributed by atoms with Crippen LogP contribution in [0.5, 0.6) is 0 Å². The van der Waals surface area contributed by atoms with Crippen LogP contribution in [0.3, 0.4) is 0 Å². The molecule has 1 saturated carbocycles. The molecule has 1 aliphatic carbocycles. The van der Waals surface area contributed by atoms with Crippen molar-refractivity contribution >= 4 is 26.8 Å². The monoisotopic (exact) mass is 390 g/mol. The Morgan fingerprint density at radius 1 is 1.33 bits per heavy atom. The third-order valence-electron chi connectivity index (χ3n) is 5.42. The fourth-order valence-corrected chi connectivity index (χ4v) is 6.04. The molecule has 3 atom stereocenters. The Balaban J connectivity index is 1.66. The molecule has 0 amide bonds. The van der Waals surface area contributed by atoms with Gasteiger partial charge in [0, 0.05) is 18.2 Å². The Labute approximate surface area is 158 Å². The molecule has 27 heavy (non-hydrogen) atoms. The minimum absolute atomic E-state index is 0.0559. The molecule has 1 fully saturated rings. The Morgan fingerprint density at radius 3 is 2.89 bits per heavy atom. The molecular weight excluding hydrogens is 364 g/mol. The zero-order valence-electron chi connectivity index (χ0n) is 15.9. The van der Waals surface area contributed by atoms with Gasteiger partial charge < -0.3 is 4.98 Å². The lowest BCUT2D eigenvalue weighted by Gasteiger charge is -2.16. The average molecular weight is 391 g/mol. The number of sulfonamides is 1. The van der Waals surface area contributed by atoms with Crippen LogP contribution >= 0.6 is 0 Å². The maximum Gasteiger partial charge on any atom is 0.212 e. The minimum Gasteiger partial charge on any atom is -0.345 e. The average Bonchev–Trinajstić information content (AvgIpc) is 3.29. The fraction of sp³-hybridized carbons (Fsp3) is 0.611. The van der Waals surface area contributed by atoms with E-state index in [1.807, 2.05) is 26.1 Å². The summed E-state index contributed by atoms with van der Waals surface area (Å²) in [7, 11) is -3.26. The van der Waals surface area contributed by atoms with Gasteiger partial charge in [-0.2, -0.15) is 0 Å². The summed E-state index contributed by atoms with van der Waals surface area (Å²) in [5.74, 6) is 1.70. The van der Waals surface area contributed by atoms with E-state index in [2.05, 4.69) is 36.2 Å². The first-order valence-corrected chi connectivity index (χ1v) is 11.2. The largest absolute Gasteiger partial charge is 0.345 e. The minimum atomic E-state index is -3.26. The first-order valence-electron chi connectivity index (χ1n) is 9.55. The summed E-state index contributed by atoms with van der Waals surface area (Å²) in [5.41, 5.74) is 2.46. The van der Waals surface area contributed by atoms with E-state index in [1.165, 1.54) is 0 Å². The summed E-state index contributed by atoms with van der Waals surface area (Å²) in [6.07, 6.45) is 6.12. The van der Waals surface area contributed by atoms with Crippen LogP contribution in [-0.4, -0.2) is 44.8 Å². The van der Waals surface area contributed by atoms with Crippen LogP contribution < -0.4 is 4.72 Å². The fourth-order valence-electron chi connectivity index (χ4n) is 4.37. The number of fused-ring (bicyclic) bond motifs is 3. The molecule has 0 aromatic carbocycles. The molecular formula is C18H26N6O2S. The lowest BCUT2D eigenvalue weighted by molar-refractivity contribution is 0.449. The van der Waals surface area contributed by atoms with Crippen LogP contribution in [0, 0.1) is 11.8 Å². The van der Waals surface area contributed by atoms with Gasteiger partial charge in [0.2, 0.25) is 10.0 Å². The number of hydrogen-bond acceptors (Lipinski definition) is 5. The lowest BCUT2D eigenvalue weighted by Crippen LogP contribution is -2.36. The molecule has 0 radical (unpaired) electrons. The maximum absolute atomic E-state index is 12.4. The SMILES string of the molecule is CCC1CC(NS(=O)(=O)CC(C)C)CC1c1nnc2cnc3[nH]ccc3n12. The summed E-state index contributed by atoms with van der Waals surface area (Å²) < 4.78 is 29.7. The topological polar surface area (TPSA) is 105 Å². The van der Waals surface area contributed by atoms with E-state index in [1.54, 1.807) is 6.20 Å². The van der Waals surface area contributed by atoms with Crippen molar-refractivity contribution in [1.29, 1.82) is 0 Å². The van der Waals surface area contributed by atoms with Gasteiger partial charge in [0.25, 0.3) is 0 Å². The molecule has 3 unspecified atom stereocenters. The van der Waals surface area contributed by atoms with Crippen molar-refractivity contribution in [3.63, 3.8) is 0 Å². The van der Waals surface area contributed by atoms with Crippen molar-refractivity contribution in [1.82, 2.24) is 29.3 Å². The van der Waals surface area contributed by atoms with Crippen LogP contribution in [0.25, 0.3) is 16.8 Å². The molecule has 0 spiro atoms. The molecule has 9 heteroatoms. The zero-order chi connectivity index (χ0) is 19.2. The van der Waals surface area contributed by atoms with Gasteiger partial charge in [-0.25, -0.2) is 18.1 Å². The molecule has 0 saturated heterocycles. The van der Waals surface area contributed by atoms with E-state index in [0.29, 0.717) is 5.92 Å². The van der Waals surface area contributed by atoms with Crippen molar-refractivity contribution in [2.24, 2.45) is 11.8 Å². The van der Waals surface area contributed by atoms with Gasteiger partial charge in [-0.15, -0.1) is 10.2 Å². The van der Waals surface area contributed by atoms with Crippen molar-refractivity contribution in [2.45, 2.75) is 52.0 Å². The second kappa shape index (κ2) is 6.87. The lowest BCUT2D eigenvalue weighted by atomic mass is 9.93. The summed E-state index contributed by atoms with van der Waals surface area (Å²) in [4.78, 5) is 7.49. The van der Waals surface area contributed by atoms with Gasteiger partial charge >= 0.3 is 0 Å². The summed E-state index contributed by atoms with van der Waals surface area (Å²) in [5, 5.41) is 8.77. The highest BCUT2D eigenvalue weighted by atomic mass is 32.2. The van der Waals surface area contributed by atoms with Gasteiger partial charge in [-0.05, 0) is 30.7 Å². The predicted octanol–water partition coefficient (Wildman–Crippen LogP) is 2.45. The Hall–Kier alpha value is -2.00. The molecule has 3 heterocycles. The summed E-state index contributed by atoms with van der Waals surface area (Å²) in [6, 6.07) is 1.92. The number of nitrogens with one attached hydrogen (secondary N) is 2. The third-order valence-corrected chi connectivity index (χ3v) is 7.21. The highest BCUT2D eigenvalue weighted by Gasteiger charge is 2.38. The smallest absolute Gasteiger partial charge is 0.212 e. The third kappa shape index (κ3) is 3.45. The second-order valence-corrected chi connectivity index (χ2v) is 9.76. The van der Waals surface area contributed by atoms with Gasteiger partial charge in [-0.3, -0.25) is 4.40 Å². The Morgan fingerprint density at radius 2 is 2.15 bits per heavy atom. The standard InChI is InChI=1S/C18H26N6O2S/c1-4-12-7-13(23-27(25,26)10-11(2)3)8-14(12)18-22-21-16-9-20-17-15(24(16)18)5-6-19-17/h5-6,9,11-14,19,23H,4,7-8,10H2,1-3H3. The van der Waals surface area contributed by atoms with Crippen LogP contribution in [0.15, 0.2) is 18.5 Å². The predicted molar refractivity (Wildman–Crippen MR) is 104 cm³/mol. The number of H-pyrrole nitrogens is 1. The number of hydrogen-bond donors (Lipinski definition) is 2. The summed E-state index contributed by atoms with van der Waals surface area (Å²) in [6.45, 7) is 5.99. The molecule has 4 rings (SSSR count). The van der Waals surface area contributed by atoms with Crippen molar-refractivity contribution < 1.29 is 8.42 Å². The van der Waals surface area contributed by atoms with Crippen LogP contribution in [-0.2, 0) is 10.0 Å². The second-order valence-electron chi connectivity index (χ2n) is 7.96. The normalized spacial score (nSPS) is 23.8. The highest BCUT2D eigenvalue weighted by molar-refractivity contribution is 7.89. The van der Waals surface area contributed by atoms with E-state index in [-0.39, 0.29) is 23.6 Å². The van der Waals surface area contributed by atoms with E-state index in [0.717, 1.165) is 41.9 Å². The molecule has 3 aromatic rings. The van der Waals surface area contributed by atoms with E-state index in [9.17, 15) is 8.42 Å². The zero-order valence-corrected chi connectivity index (χ0v) is 16.7. The molecule has 2 N–H and O–H groups in total. The van der Waals surface area contributed by atoms with E-state index in [4.69, 9.17) is 0 Å². The van der Waals surface area contributed by atoms with Gasteiger partial charge in [0.1, 0.15) is 5.82 Å². The quantitative estimate of drug-likeness (QED) is 0.673. The first-order chi connectivity index (χ1) is 12.9. The first kappa shape index (κ1) is 18.4. The van der Waals surface area contributed by atoms with Crippen LogP contribution in [0.1, 0.15) is 51.8 Å². The van der Waals surface area contributed by atoms with Crippen molar-refractivity contribution in [3.05, 3.63) is 24.3 Å². The van der Waals surface area contributed by atoms with Crippen molar-refractivity contribution in [2.75, 3.05) is 5.75 Å². The molecule has 146 valence electrons. The Bertz CT molecular complexity index is 1050. The Kier molecular flexibility index (Phi) is 4.67. The summed E-state index contributed by atoms with van der Waals surface area (Å²) >= 11 is 0.